The summed E-state index contributed by atoms with van der Waals surface area (Å²) in [6.07, 6.45) is -3.89. The van der Waals surface area contributed by atoms with Crippen molar-refractivity contribution in [2.24, 2.45) is 0 Å². The molecule has 0 saturated heterocycles. The van der Waals surface area contributed by atoms with Crippen LogP contribution >= 0.6 is 15.9 Å². The summed E-state index contributed by atoms with van der Waals surface area (Å²) in [5.74, 6) is 0.217. The van der Waals surface area contributed by atoms with E-state index < -0.39 is 17.3 Å². The van der Waals surface area contributed by atoms with Crippen LogP contribution in [0.1, 0.15) is 31.4 Å². The lowest BCUT2D eigenvalue weighted by Crippen LogP contribution is -2.42. The average Bonchev–Trinajstić information content (AvgIpc) is 2.87. The normalized spacial score (nSPS) is 23.6. The smallest absolute Gasteiger partial charge is 0.418 e. The van der Waals surface area contributed by atoms with Crippen LogP contribution in [0, 0.1) is 0 Å². The van der Waals surface area contributed by atoms with Crippen LogP contribution in [0.25, 0.3) is 10.9 Å². The maximum atomic E-state index is 13.7. The molecule has 3 rings (SSSR count). The van der Waals surface area contributed by atoms with Crippen LogP contribution in [0.5, 0.6) is 11.6 Å². The van der Waals surface area contributed by atoms with Crippen LogP contribution in [-0.4, -0.2) is 39.5 Å². The van der Waals surface area contributed by atoms with Gasteiger partial charge in [0.15, 0.2) is 0 Å². The average molecular weight is 423 g/mol. The lowest BCUT2D eigenvalue weighted by atomic mass is 9.77. The summed E-state index contributed by atoms with van der Waals surface area (Å²) in [5.41, 5.74) is -1.75. The first-order valence-corrected chi connectivity index (χ1v) is 8.87. The van der Waals surface area contributed by atoms with Crippen molar-refractivity contribution in [3.63, 3.8) is 0 Å². The standard InChI is InChI=1S/C16H18BrF3N2O3/c1-15(23)7-9(8-15)22-13-11(14(21-22)24-2)5-10(25-4-3-17)6-12(13)16(18,19)20/h5-6,9,23H,3-4,7-8H2,1-2H3. The SMILES string of the molecule is COc1nn(C2CC(C)(O)C2)c2c(C(F)(F)F)cc(OCCBr)cc12. The highest BCUT2D eigenvalue weighted by Crippen LogP contribution is 2.46. The Hall–Kier alpha value is -1.48. The van der Waals surface area contributed by atoms with Crippen molar-refractivity contribution in [3.05, 3.63) is 17.7 Å². The number of hydrogen-bond donors (Lipinski definition) is 1. The van der Waals surface area contributed by atoms with Gasteiger partial charge in [-0.2, -0.15) is 13.2 Å². The number of ether oxygens (including phenoxy) is 2. The summed E-state index contributed by atoms with van der Waals surface area (Å²) in [4.78, 5) is 0. The first kappa shape index (κ1) is 18.3. The molecule has 1 N–H and O–H groups in total. The number of halogens is 4. The van der Waals surface area contributed by atoms with Crippen LogP contribution < -0.4 is 9.47 Å². The summed E-state index contributed by atoms with van der Waals surface area (Å²) in [6.45, 7) is 1.90. The molecule has 1 fully saturated rings. The number of hydrogen-bond acceptors (Lipinski definition) is 4. The predicted octanol–water partition coefficient (Wildman–Crippen LogP) is 3.92. The van der Waals surface area contributed by atoms with Gasteiger partial charge >= 0.3 is 6.18 Å². The van der Waals surface area contributed by atoms with Gasteiger partial charge < -0.3 is 14.6 Å². The summed E-state index contributed by atoms with van der Waals surface area (Å²) in [6, 6.07) is 2.18. The van der Waals surface area contributed by atoms with Gasteiger partial charge in [0.25, 0.3) is 0 Å². The predicted molar refractivity (Wildman–Crippen MR) is 89.5 cm³/mol. The Morgan fingerprint density at radius 1 is 1.40 bits per heavy atom. The third-order valence-electron chi connectivity index (χ3n) is 4.28. The first-order chi connectivity index (χ1) is 11.7. The molecule has 1 saturated carbocycles. The zero-order chi connectivity index (χ0) is 18.4. The van der Waals surface area contributed by atoms with Crippen molar-refractivity contribution in [2.75, 3.05) is 19.0 Å². The first-order valence-electron chi connectivity index (χ1n) is 7.75. The van der Waals surface area contributed by atoms with Gasteiger partial charge in [-0.1, -0.05) is 15.9 Å². The number of fused-ring (bicyclic) bond motifs is 1. The van der Waals surface area contributed by atoms with Crippen LogP contribution in [-0.2, 0) is 6.18 Å². The Morgan fingerprint density at radius 3 is 2.60 bits per heavy atom. The molecule has 0 bridgehead atoms. The van der Waals surface area contributed by atoms with E-state index in [2.05, 4.69) is 21.0 Å². The van der Waals surface area contributed by atoms with Crippen molar-refractivity contribution < 1.29 is 27.8 Å². The quantitative estimate of drug-likeness (QED) is 0.741. The molecular formula is C16H18BrF3N2O3. The van der Waals surface area contributed by atoms with Gasteiger partial charge in [-0.15, -0.1) is 5.10 Å². The Morgan fingerprint density at radius 2 is 2.08 bits per heavy atom. The lowest BCUT2D eigenvalue weighted by molar-refractivity contribution is -0.136. The molecule has 1 aliphatic rings. The maximum absolute atomic E-state index is 13.7. The van der Waals surface area contributed by atoms with Gasteiger partial charge in [0, 0.05) is 5.33 Å². The fourth-order valence-corrected chi connectivity index (χ4v) is 3.38. The fraction of sp³-hybridized carbons (Fsp3) is 0.562. The van der Waals surface area contributed by atoms with E-state index in [9.17, 15) is 18.3 Å². The number of benzene rings is 1. The van der Waals surface area contributed by atoms with E-state index in [1.807, 2.05) is 0 Å². The monoisotopic (exact) mass is 422 g/mol. The summed E-state index contributed by atoms with van der Waals surface area (Å²) >= 11 is 3.18. The van der Waals surface area contributed by atoms with E-state index in [1.54, 1.807) is 6.92 Å². The van der Waals surface area contributed by atoms with E-state index in [1.165, 1.54) is 17.9 Å². The second kappa shape index (κ2) is 6.35. The molecule has 0 atom stereocenters. The van der Waals surface area contributed by atoms with Crippen LogP contribution in [0.15, 0.2) is 12.1 Å². The topological polar surface area (TPSA) is 56.5 Å². The molecule has 1 heterocycles. The van der Waals surface area contributed by atoms with Crippen LogP contribution in [0.2, 0.25) is 0 Å². The van der Waals surface area contributed by atoms with Gasteiger partial charge in [0.05, 0.1) is 41.8 Å². The number of rotatable bonds is 5. The molecule has 0 amide bonds. The molecule has 5 nitrogen and oxygen atoms in total. The molecule has 1 aromatic carbocycles. The highest BCUT2D eigenvalue weighted by atomic mass is 79.9. The second-order valence-corrected chi connectivity index (χ2v) is 7.21. The van der Waals surface area contributed by atoms with Crippen molar-refractivity contribution in [1.29, 1.82) is 0 Å². The number of aromatic nitrogens is 2. The van der Waals surface area contributed by atoms with Crippen LogP contribution in [0.4, 0.5) is 13.2 Å². The summed E-state index contributed by atoms with van der Waals surface area (Å²) in [7, 11) is 1.36. The largest absolute Gasteiger partial charge is 0.493 e. The Kier molecular flexibility index (Phi) is 4.65. The molecule has 2 aromatic rings. The second-order valence-electron chi connectivity index (χ2n) is 6.42. The van der Waals surface area contributed by atoms with Crippen molar-refractivity contribution in [1.82, 2.24) is 9.78 Å². The Bertz CT molecular complexity index is 781. The van der Waals surface area contributed by atoms with Gasteiger partial charge in [0.1, 0.15) is 5.75 Å². The highest BCUT2D eigenvalue weighted by molar-refractivity contribution is 9.09. The third kappa shape index (κ3) is 3.44. The van der Waals surface area contributed by atoms with Crippen LogP contribution in [0.3, 0.4) is 0 Å². The Labute approximate surface area is 150 Å². The molecule has 138 valence electrons. The molecular weight excluding hydrogens is 405 g/mol. The van der Waals surface area contributed by atoms with Gasteiger partial charge in [-0.3, -0.25) is 4.68 Å². The molecule has 1 aliphatic carbocycles. The lowest BCUT2D eigenvalue weighted by Gasteiger charge is -2.41. The summed E-state index contributed by atoms with van der Waals surface area (Å²) < 4.78 is 52.8. The minimum Gasteiger partial charge on any atom is -0.493 e. The zero-order valence-corrected chi connectivity index (χ0v) is 15.3. The number of methoxy groups -OCH3 is 1. The van der Waals surface area contributed by atoms with Gasteiger partial charge in [0.2, 0.25) is 5.88 Å². The zero-order valence-electron chi connectivity index (χ0n) is 13.7. The van der Waals surface area contributed by atoms with Gasteiger partial charge in [-0.05, 0) is 31.9 Å². The molecule has 0 unspecified atom stereocenters. The minimum absolute atomic E-state index is 0.0453. The van der Waals surface area contributed by atoms with E-state index in [-0.39, 0.29) is 35.2 Å². The van der Waals surface area contributed by atoms with Crippen molar-refractivity contribution >= 4 is 26.8 Å². The molecule has 0 radical (unpaired) electrons. The van der Waals surface area contributed by atoms with E-state index in [4.69, 9.17) is 9.47 Å². The molecule has 0 spiro atoms. The molecule has 9 heteroatoms. The van der Waals surface area contributed by atoms with E-state index in [0.717, 1.165) is 6.07 Å². The number of aliphatic hydroxyl groups is 1. The molecule has 1 aromatic heterocycles. The van der Waals surface area contributed by atoms with E-state index >= 15 is 0 Å². The Balaban J connectivity index is 2.18. The van der Waals surface area contributed by atoms with Gasteiger partial charge in [-0.25, -0.2) is 0 Å². The molecule has 0 aliphatic heterocycles. The molecule has 25 heavy (non-hydrogen) atoms. The summed E-state index contributed by atoms with van der Waals surface area (Å²) in [5, 5.41) is 14.9. The highest BCUT2D eigenvalue weighted by Gasteiger charge is 2.43. The van der Waals surface area contributed by atoms with Crippen molar-refractivity contribution in [2.45, 2.75) is 37.6 Å². The fourth-order valence-electron chi connectivity index (χ4n) is 3.22. The third-order valence-corrected chi connectivity index (χ3v) is 4.61. The van der Waals surface area contributed by atoms with E-state index in [0.29, 0.717) is 18.2 Å². The number of alkyl halides is 4. The maximum Gasteiger partial charge on any atom is 0.418 e. The van der Waals surface area contributed by atoms with Crippen molar-refractivity contribution in [3.8, 4) is 11.6 Å². The number of nitrogens with zero attached hydrogens (tertiary/aromatic N) is 2. The minimum atomic E-state index is -4.57.